The van der Waals surface area contributed by atoms with Crippen molar-refractivity contribution in [3.8, 4) is 0 Å². The lowest BCUT2D eigenvalue weighted by Gasteiger charge is -2.39. The highest BCUT2D eigenvalue weighted by Crippen LogP contribution is 2.23. The van der Waals surface area contributed by atoms with Crippen LogP contribution in [0.4, 0.5) is 0 Å². The first-order valence-electron chi connectivity index (χ1n) is 7.86. The topological polar surface area (TPSA) is 52.6 Å². The molecule has 1 aliphatic heterocycles. The number of aliphatic hydroxyl groups is 1. The Kier molecular flexibility index (Phi) is 5.22. The fraction of sp³-hybridized carbons (Fsp3) is 0.933. The van der Waals surface area contributed by atoms with E-state index in [2.05, 4.69) is 5.32 Å². The highest BCUT2D eigenvalue weighted by molar-refractivity contribution is 5.75. The average molecular weight is 268 g/mol. The third-order valence-corrected chi connectivity index (χ3v) is 4.67. The number of hydrogen-bond donors (Lipinski definition) is 2. The van der Waals surface area contributed by atoms with Crippen LogP contribution in [0.2, 0.25) is 0 Å². The Morgan fingerprint density at radius 1 is 1.26 bits per heavy atom. The van der Waals surface area contributed by atoms with E-state index in [4.69, 9.17) is 0 Å². The molecule has 1 amide bonds. The molecule has 0 bridgehead atoms. The summed E-state index contributed by atoms with van der Waals surface area (Å²) >= 11 is 0. The molecule has 1 saturated heterocycles. The lowest BCUT2D eigenvalue weighted by Crippen LogP contribution is -2.52. The van der Waals surface area contributed by atoms with Crippen molar-refractivity contribution in [2.45, 2.75) is 69.9 Å². The predicted octanol–water partition coefficient (Wildman–Crippen LogP) is 1.67. The average Bonchev–Trinajstić information content (AvgIpc) is 2.46. The molecule has 0 atom stereocenters. The van der Waals surface area contributed by atoms with E-state index >= 15 is 0 Å². The van der Waals surface area contributed by atoms with E-state index in [0.29, 0.717) is 44.9 Å². The maximum atomic E-state index is 11.6. The van der Waals surface area contributed by atoms with Gasteiger partial charge in [0.05, 0.1) is 5.60 Å². The largest absolute Gasteiger partial charge is 0.388 e. The van der Waals surface area contributed by atoms with Gasteiger partial charge in [0.2, 0.25) is 5.91 Å². The Hall–Kier alpha value is -0.610. The van der Waals surface area contributed by atoms with Crippen LogP contribution in [0.1, 0.15) is 58.3 Å². The summed E-state index contributed by atoms with van der Waals surface area (Å²) < 4.78 is 0. The van der Waals surface area contributed by atoms with Crippen molar-refractivity contribution in [3.05, 3.63) is 0 Å². The molecule has 19 heavy (non-hydrogen) atoms. The van der Waals surface area contributed by atoms with Gasteiger partial charge >= 0.3 is 0 Å². The number of likely N-dealkylation sites (tertiary alicyclic amines) is 1. The summed E-state index contributed by atoms with van der Waals surface area (Å²) in [4.78, 5) is 13.5. The van der Waals surface area contributed by atoms with Crippen molar-refractivity contribution >= 4 is 5.91 Å². The Bertz CT molecular complexity index is 293. The molecule has 0 aromatic heterocycles. The SMILES string of the molecule is CCC(=O)N1CCC(O)(CNC2CCCCC2)CC1. The van der Waals surface area contributed by atoms with Crippen molar-refractivity contribution in [1.82, 2.24) is 10.2 Å². The zero-order chi connectivity index (χ0) is 13.7. The molecule has 0 spiro atoms. The minimum atomic E-state index is -0.609. The first kappa shape index (κ1) is 14.8. The van der Waals surface area contributed by atoms with Crippen molar-refractivity contribution in [1.29, 1.82) is 0 Å². The second-order valence-corrected chi connectivity index (χ2v) is 6.17. The molecule has 1 saturated carbocycles. The maximum Gasteiger partial charge on any atom is 0.222 e. The lowest BCUT2D eigenvalue weighted by atomic mass is 9.89. The van der Waals surface area contributed by atoms with E-state index in [-0.39, 0.29) is 5.91 Å². The molecule has 0 unspecified atom stereocenters. The Morgan fingerprint density at radius 2 is 1.89 bits per heavy atom. The molecule has 4 heteroatoms. The number of carbonyl (C=O) groups excluding carboxylic acids is 1. The Labute approximate surface area is 116 Å². The molecule has 1 heterocycles. The van der Waals surface area contributed by atoms with Gasteiger partial charge < -0.3 is 15.3 Å². The molecular weight excluding hydrogens is 240 g/mol. The van der Waals surface area contributed by atoms with Crippen molar-refractivity contribution in [2.75, 3.05) is 19.6 Å². The Morgan fingerprint density at radius 3 is 2.47 bits per heavy atom. The van der Waals surface area contributed by atoms with E-state index in [1.54, 1.807) is 0 Å². The highest BCUT2D eigenvalue weighted by Gasteiger charge is 2.33. The highest BCUT2D eigenvalue weighted by atomic mass is 16.3. The van der Waals surface area contributed by atoms with Gasteiger partial charge in [-0.25, -0.2) is 0 Å². The van der Waals surface area contributed by atoms with Crippen LogP contribution in [0.3, 0.4) is 0 Å². The Balaban J connectivity index is 1.73. The number of hydrogen-bond acceptors (Lipinski definition) is 3. The van der Waals surface area contributed by atoms with Gasteiger partial charge in [0.1, 0.15) is 0 Å². The van der Waals surface area contributed by atoms with Crippen molar-refractivity contribution in [2.24, 2.45) is 0 Å². The van der Waals surface area contributed by atoms with Crippen LogP contribution < -0.4 is 5.32 Å². The van der Waals surface area contributed by atoms with Crippen LogP contribution in [-0.4, -0.2) is 47.2 Å². The molecule has 1 aliphatic carbocycles. The number of amides is 1. The summed E-state index contributed by atoms with van der Waals surface area (Å²) in [5, 5.41) is 14.1. The minimum Gasteiger partial charge on any atom is -0.388 e. The summed E-state index contributed by atoms with van der Waals surface area (Å²) in [6, 6.07) is 0.591. The van der Waals surface area contributed by atoms with Crippen LogP contribution in [0.25, 0.3) is 0 Å². The number of piperidine rings is 1. The lowest BCUT2D eigenvalue weighted by molar-refractivity contribution is -0.135. The molecule has 0 aromatic carbocycles. The van der Waals surface area contributed by atoms with E-state index < -0.39 is 5.60 Å². The molecule has 2 aliphatic rings. The van der Waals surface area contributed by atoms with Gasteiger partial charge in [-0.05, 0) is 25.7 Å². The van der Waals surface area contributed by atoms with Crippen molar-refractivity contribution in [3.63, 3.8) is 0 Å². The van der Waals surface area contributed by atoms with Crippen LogP contribution >= 0.6 is 0 Å². The monoisotopic (exact) mass is 268 g/mol. The third-order valence-electron chi connectivity index (χ3n) is 4.67. The molecular formula is C15H28N2O2. The molecule has 2 N–H and O–H groups in total. The van der Waals surface area contributed by atoms with E-state index in [0.717, 1.165) is 0 Å². The third kappa shape index (κ3) is 4.18. The fourth-order valence-electron chi connectivity index (χ4n) is 3.21. The van der Waals surface area contributed by atoms with Gasteiger partial charge in [0.25, 0.3) is 0 Å². The number of rotatable bonds is 4. The summed E-state index contributed by atoms with van der Waals surface area (Å²) in [6.45, 7) is 3.99. The zero-order valence-electron chi connectivity index (χ0n) is 12.2. The quantitative estimate of drug-likeness (QED) is 0.815. The number of carbonyl (C=O) groups is 1. The first-order valence-corrected chi connectivity index (χ1v) is 7.86. The molecule has 0 aromatic rings. The van der Waals surface area contributed by atoms with Crippen LogP contribution in [0.15, 0.2) is 0 Å². The number of nitrogens with one attached hydrogen (secondary N) is 1. The van der Waals surface area contributed by atoms with E-state index in [9.17, 15) is 9.90 Å². The van der Waals surface area contributed by atoms with Crippen molar-refractivity contribution < 1.29 is 9.90 Å². The van der Waals surface area contributed by atoms with Gasteiger partial charge in [-0.3, -0.25) is 4.79 Å². The fourth-order valence-corrected chi connectivity index (χ4v) is 3.21. The summed E-state index contributed by atoms with van der Waals surface area (Å²) in [6.07, 6.45) is 8.46. The van der Waals surface area contributed by atoms with Gasteiger partial charge in [0.15, 0.2) is 0 Å². The van der Waals surface area contributed by atoms with E-state index in [1.165, 1.54) is 32.1 Å². The van der Waals surface area contributed by atoms with Crippen LogP contribution in [0, 0.1) is 0 Å². The second kappa shape index (κ2) is 6.71. The zero-order valence-corrected chi connectivity index (χ0v) is 12.2. The first-order chi connectivity index (χ1) is 9.13. The van der Waals surface area contributed by atoms with Crippen LogP contribution in [-0.2, 0) is 4.79 Å². The summed E-state index contributed by atoms with van der Waals surface area (Å²) in [5.41, 5.74) is -0.609. The molecule has 2 fully saturated rings. The van der Waals surface area contributed by atoms with Crippen LogP contribution in [0.5, 0.6) is 0 Å². The van der Waals surface area contributed by atoms with Gasteiger partial charge in [-0.1, -0.05) is 26.2 Å². The number of nitrogens with zero attached hydrogens (tertiary/aromatic N) is 1. The van der Waals surface area contributed by atoms with Gasteiger partial charge in [-0.2, -0.15) is 0 Å². The normalized spacial score (nSPS) is 24.4. The van der Waals surface area contributed by atoms with Gasteiger partial charge in [0, 0.05) is 32.1 Å². The molecule has 0 radical (unpaired) electrons. The summed E-state index contributed by atoms with van der Waals surface area (Å²) in [5.74, 6) is 0.210. The molecule has 110 valence electrons. The molecule has 4 nitrogen and oxygen atoms in total. The maximum absolute atomic E-state index is 11.6. The standard InChI is InChI=1S/C15H28N2O2/c1-2-14(18)17-10-8-15(19,9-11-17)12-16-13-6-4-3-5-7-13/h13,16,19H,2-12H2,1H3. The second-order valence-electron chi connectivity index (χ2n) is 6.17. The molecule has 2 rings (SSSR count). The van der Waals surface area contributed by atoms with E-state index in [1.807, 2.05) is 11.8 Å². The summed E-state index contributed by atoms with van der Waals surface area (Å²) in [7, 11) is 0. The predicted molar refractivity (Wildman–Crippen MR) is 75.9 cm³/mol. The van der Waals surface area contributed by atoms with Gasteiger partial charge in [-0.15, -0.1) is 0 Å². The smallest absolute Gasteiger partial charge is 0.222 e. The minimum absolute atomic E-state index is 0.210.